The summed E-state index contributed by atoms with van der Waals surface area (Å²) in [6.07, 6.45) is 7.12. The molecule has 3 rings (SSSR count). The van der Waals surface area contributed by atoms with Crippen molar-refractivity contribution in [1.29, 1.82) is 0 Å². The van der Waals surface area contributed by atoms with Crippen molar-refractivity contribution >= 4 is 0 Å². The maximum Gasteiger partial charge on any atom is 0.0689 e. The molecule has 2 heteroatoms. The minimum Gasteiger partial charge on any atom is -0.377 e. The number of hydrogen-bond donors (Lipinski definition) is 1. The van der Waals surface area contributed by atoms with Gasteiger partial charge in [-0.05, 0) is 25.7 Å². The minimum absolute atomic E-state index is 0.449. The molecule has 0 bridgehead atoms. The molecule has 2 nitrogen and oxygen atoms in total. The van der Waals surface area contributed by atoms with E-state index in [0.717, 1.165) is 6.61 Å². The van der Waals surface area contributed by atoms with Gasteiger partial charge in [0.25, 0.3) is 0 Å². The van der Waals surface area contributed by atoms with Crippen LogP contribution >= 0.6 is 0 Å². The number of nitrogens with two attached hydrogens (primary N) is 1. The average molecular weight is 167 g/mol. The van der Waals surface area contributed by atoms with Crippen molar-refractivity contribution in [3.05, 3.63) is 0 Å². The predicted molar refractivity (Wildman–Crippen MR) is 46.7 cm³/mol. The van der Waals surface area contributed by atoms with Gasteiger partial charge >= 0.3 is 0 Å². The van der Waals surface area contributed by atoms with E-state index in [0.29, 0.717) is 23.5 Å². The molecule has 0 unspecified atom stereocenters. The topological polar surface area (TPSA) is 35.2 Å². The van der Waals surface area contributed by atoms with Crippen LogP contribution in [-0.4, -0.2) is 18.8 Å². The molecule has 68 valence electrons. The summed E-state index contributed by atoms with van der Waals surface area (Å²) in [6.45, 7) is 0.982. The van der Waals surface area contributed by atoms with Crippen LogP contribution in [0.5, 0.6) is 0 Å². The molecule has 2 aliphatic carbocycles. The van der Waals surface area contributed by atoms with Gasteiger partial charge in [-0.15, -0.1) is 0 Å². The lowest BCUT2D eigenvalue weighted by molar-refractivity contribution is -0.229. The first-order chi connectivity index (χ1) is 5.84. The zero-order valence-corrected chi connectivity index (χ0v) is 7.46. The monoisotopic (exact) mass is 167 g/mol. The highest BCUT2D eigenvalue weighted by Crippen LogP contribution is 2.61. The Morgan fingerprint density at radius 3 is 2.75 bits per heavy atom. The quantitative estimate of drug-likeness (QED) is 0.590. The van der Waals surface area contributed by atoms with Gasteiger partial charge in [0.05, 0.1) is 6.10 Å². The summed E-state index contributed by atoms with van der Waals surface area (Å²) in [6, 6.07) is 0.469. The van der Waals surface area contributed by atoms with Crippen molar-refractivity contribution in [3.63, 3.8) is 0 Å². The largest absolute Gasteiger partial charge is 0.377 e. The first-order valence-electron chi connectivity index (χ1n) is 5.22. The molecule has 0 aromatic heterocycles. The predicted octanol–water partition coefficient (Wildman–Crippen LogP) is 1.29. The summed E-state index contributed by atoms with van der Waals surface area (Å²) in [7, 11) is 0. The summed E-state index contributed by atoms with van der Waals surface area (Å²) in [5, 5.41) is 0. The van der Waals surface area contributed by atoms with Gasteiger partial charge in [-0.25, -0.2) is 0 Å². The SMILES string of the molecule is N[C@@H]1[C@@H]2CCCO[C@H]2C12CCC2. The molecular weight excluding hydrogens is 150 g/mol. The van der Waals surface area contributed by atoms with E-state index in [1.165, 1.54) is 32.1 Å². The highest BCUT2D eigenvalue weighted by atomic mass is 16.5. The first kappa shape index (κ1) is 7.34. The van der Waals surface area contributed by atoms with Crippen LogP contribution in [0.1, 0.15) is 32.1 Å². The third kappa shape index (κ3) is 0.647. The van der Waals surface area contributed by atoms with Crippen molar-refractivity contribution in [1.82, 2.24) is 0 Å². The van der Waals surface area contributed by atoms with E-state index in [4.69, 9.17) is 10.5 Å². The van der Waals surface area contributed by atoms with Gasteiger partial charge in [0.15, 0.2) is 0 Å². The average Bonchev–Trinajstić information content (AvgIpc) is 2.01. The van der Waals surface area contributed by atoms with E-state index >= 15 is 0 Å². The van der Waals surface area contributed by atoms with E-state index in [1.54, 1.807) is 0 Å². The van der Waals surface area contributed by atoms with Crippen molar-refractivity contribution in [2.75, 3.05) is 6.61 Å². The van der Waals surface area contributed by atoms with E-state index in [-0.39, 0.29) is 0 Å². The number of rotatable bonds is 0. The Labute approximate surface area is 73.5 Å². The molecule has 1 heterocycles. The molecule has 1 spiro atoms. The Balaban J connectivity index is 1.80. The fourth-order valence-electron chi connectivity index (χ4n) is 3.46. The third-order valence-electron chi connectivity index (χ3n) is 4.34. The van der Waals surface area contributed by atoms with Crippen LogP contribution in [0.25, 0.3) is 0 Å². The molecule has 1 aliphatic heterocycles. The second-order valence-electron chi connectivity index (χ2n) is 4.71. The van der Waals surface area contributed by atoms with Gasteiger partial charge in [0.2, 0.25) is 0 Å². The highest BCUT2D eigenvalue weighted by molar-refractivity contribution is 5.16. The second kappa shape index (κ2) is 2.24. The van der Waals surface area contributed by atoms with Crippen LogP contribution in [0, 0.1) is 11.3 Å². The molecule has 0 amide bonds. The molecule has 0 aromatic carbocycles. The Morgan fingerprint density at radius 2 is 2.08 bits per heavy atom. The lowest BCUT2D eigenvalue weighted by atomic mass is 9.45. The number of hydrogen-bond acceptors (Lipinski definition) is 2. The summed E-state index contributed by atoms with van der Waals surface area (Å²) in [5.41, 5.74) is 6.64. The van der Waals surface area contributed by atoms with Crippen molar-refractivity contribution in [3.8, 4) is 0 Å². The molecular formula is C10H17NO. The Hall–Kier alpha value is -0.0800. The lowest BCUT2D eigenvalue weighted by Gasteiger charge is -2.65. The molecule has 2 N–H and O–H groups in total. The Kier molecular flexibility index (Phi) is 1.37. The fourth-order valence-corrected chi connectivity index (χ4v) is 3.46. The zero-order valence-electron chi connectivity index (χ0n) is 7.46. The first-order valence-corrected chi connectivity index (χ1v) is 5.22. The molecule has 12 heavy (non-hydrogen) atoms. The zero-order chi connectivity index (χ0) is 8.18. The van der Waals surface area contributed by atoms with Gasteiger partial charge in [-0.1, -0.05) is 6.42 Å². The standard InChI is InChI=1S/C10H17NO/c11-8-7-3-1-6-12-9(7)10(8)4-2-5-10/h7-9H,1-6,11H2/t7-,8+,9+/m0/s1. The van der Waals surface area contributed by atoms with Gasteiger partial charge in [0, 0.05) is 24.0 Å². The smallest absolute Gasteiger partial charge is 0.0689 e. The van der Waals surface area contributed by atoms with Crippen molar-refractivity contribution < 1.29 is 4.74 Å². The molecule has 3 aliphatic rings. The Morgan fingerprint density at radius 1 is 1.25 bits per heavy atom. The lowest BCUT2D eigenvalue weighted by Crippen LogP contribution is -2.72. The minimum atomic E-state index is 0.449. The van der Waals surface area contributed by atoms with Crippen LogP contribution in [0.15, 0.2) is 0 Å². The van der Waals surface area contributed by atoms with Crippen LogP contribution in [-0.2, 0) is 4.74 Å². The summed E-state index contributed by atoms with van der Waals surface area (Å²) in [5.74, 6) is 0.707. The van der Waals surface area contributed by atoms with Crippen LogP contribution in [0.4, 0.5) is 0 Å². The van der Waals surface area contributed by atoms with Gasteiger partial charge < -0.3 is 10.5 Å². The summed E-state index contributed by atoms with van der Waals surface area (Å²) in [4.78, 5) is 0. The number of fused-ring (bicyclic) bond motifs is 2. The van der Waals surface area contributed by atoms with E-state index < -0.39 is 0 Å². The van der Waals surface area contributed by atoms with Crippen molar-refractivity contribution in [2.24, 2.45) is 17.1 Å². The van der Waals surface area contributed by atoms with E-state index in [1.807, 2.05) is 0 Å². The van der Waals surface area contributed by atoms with E-state index in [9.17, 15) is 0 Å². The van der Waals surface area contributed by atoms with Gasteiger partial charge in [-0.2, -0.15) is 0 Å². The van der Waals surface area contributed by atoms with Crippen LogP contribution in [0.3, 0.4) is 0 Å². The highest BCUT2D eigenvalue weighted by Gasteiger charge is 2.63. The summed E-state index contributed by atoms with van der Waals surface area (Å²) < 4.78 is 5.83. The second-order valence-corrected chi connectivity index (χ2v) is 4.71. The normalized spacial score (nSPS) is 49.2. The maximum atomic E-state index is 6.19. The molecule has 2 saturated carbocycles. The molecule has 3 fully saturated rings. The van der Waals surface area contributed by atoms with Crippen LogP contribution in [0.2, 0.25) is 0 Å². The maximum absolute atomic E-state index is 6.19. The summed E-state index contributed by atoms with van der Waals surface area (Å²) >= 11 is 0. The van der Waals surface area contributed by atoms with Crippen molar-refractivity contribution in [2.45, 2.75) is 44.2 Å². The molecule has 0 radical (unpaired) electrons. The van der Waals surface area contributed by atoms with Gasteiger partial charge in [-0.3, -0.25) is 0 Å². The molecule has 3 atom stereocenters. The fraction of sp³-hybridized carbons (Fsp3) is 1.00. The van der Waals surface area contributed by atoms with Crippen LogP contribution < -0.4 is 5.73 Å². The Bertz CT molecular complexity index is 200. The van der Waals surface area contributed by atoms with Gasteiger partial charge in [0.1, 0.15) is 0 Å². The molecule has 0 aromatic rings. The number of ether oxygens (including phenoxy) is 1. The van der Waals surface area contributed by atoms with E-state index in [2.05, 4.69) is 0 Å². The third-order valence-corrected chi connectivity index (χ3v) is 4.34. The molecule has 1 saturated heterocycles.